The van der Waals surface area contributed by atoms with Crippen LogP contribution in [0.1, 0.15) is 26.2 Å². The van der Waals surface area contributed by atoms with E-state index in [0.29, 0.717) is 11.4 Å². The van der Waals surface area contributed by atoms with Gasteiger partial charge in [-0.2, -0.15) is 5.10 Å². The Morgan fingerprint density at radius 3 is 2.39 bits per heavy atom. The summed E-state index contributed by atoms with van der Waals surface area (Å²) in [6.45, 7) is 3.19. The summed E-state index contributed by atoms with van der Waals surface area (Å²) in [6, 6.07) is 8.66. The Morgan fingerprint density at radius 1 is 1.09 bits per heavy atom. The van der Waals surface area contributed by atoms with Crippen molar-refractivity contribution >= 4 is 29.1 Å². The first-order valence-electron chi connectivity index (χ1n) is 7.53. The summed E-state index contributed by atoms with van der Waals surface area (Å²) < 4.78 is 0. The van der Waals surface area contributed by atoms with Crippen molar-refractivity contribution in [3.05, 3.63) is 30.3 Å². The van der Waals surface area contributed by atoms with Crippen LogP contribution in [-0.4, -0.2) is 41.4 Å². The average molecular weight is 316 g/mol. The van der Waals surface area contributed by atoms with E-state index in [1.165, 1.54) is 0 Å². The van der Waals surface area contributed by atoms with Crippen LogP contribution < -0.4 is 10.7 Å². The summed E-state index contributed by atoms with van der Waals surface area (Å²) in [5, 5.41) is 6.26. The van der Waals surface area contributed by atoms with Crippen LogP contribution in [0, 0.1) is 0 Å². The second kappa shape index (κ2) is 8.07. The number of benzene rings is 1. The third kappa shape index (κ3) is 5.21. The average Bonchev–Trinajstić information content (AvgIpc) is 3.08. The van der Waals surface area contributed by atoms with Gasteiger partial charge in [-0.05, 0) is 31.9 Å². The molecule has 0 atom stereocenters. The zero-order valence-corrected chi connectivity index (χ0v) is 13.0. The monoisotopic (exact) mass is 316 g/mol. The van der Waals surface area contributed by atoms with Crippen molar-refractivity contribution < 1.29 is 14.4 Å². The summed E-state index contributed by atoms with van der Waals surface area (Å²) in [5.74, 6) is -1.69. The Hall–Kier alpha value is -2.70. The van der Waals surface area contributed by atoms with E-state index < -0.39 is 11.8 Å². The quantitative estimate of drug-likeness (QED) is 0.495. The highest BCUT2D eigenvalue weighted by Gasteiger charge is 2.18. The maximum atomic E-state index is 11.9. The van der Waals surface area contributed by atoms with Crippen LogP contribution in [0.25, 0.3) is 0 Å². The molecule has 1 saturated heterocycles. The van der Waals surface area contributed by atoms with E-state index in [0.717, 1.165) is 25.9 Å². The van der Waals surface area contributed by atoms with Gasteiger partial charge in [-0.1, -0.05) is 18.2 Å². The smallest absolute Gasteiger partial charge is 0.329 e. The Labute approximate surface area is 134 Å². The lowest BCUT2D eigenvalue weighted by atomic mass is 10.3. The van der Waals surface area contributed by atoms with Crippen LogP contribution in [0.2, 0.25) is 0 Å². The molecule has 0 radical (unpaired) electrons. The third-order valence-electron chi connectivity index (χ3n) is 3.45. The minimum Gasteiger partial charge on any atom is -0.342 e. The standard InChI is InChI=1S/C16H20N4O3/c1-12(11-14(21)20-9-5-6-10-20)18-19-16(23)15(22)17-13-7-3-2-4-8-13/h2-4,7-8H,5-6,9-11H2,1H3,(H,17,22)(H,19,23)/b18-12+. The van der Waals surface area contributed by atoms with Crippen LogP contribution in [0.3, 0.4) is 0 Å². The normalized spacial score (nSPS) is 14.5. The second-order valence-corrected chi connectivity index (χ2v) is 5.37. The molecule has 1 aromatic rings. The molecule has 2 N–H and O–H groups in total. The Kier molecular flexibility index (Phi) is 5.85. The van der Waals surface area contributed by atoms with Crippen LogP contribution in [0.4, 0.5) is 5.69 Å². The molecule has 1 aliphatic heterocycles. The fourth-order valence-corrected chi connectivity index (χ4v) is 2.24. The number of hydrazone groups is 1. The largest absolute Gasteiger partial charge is 0.342 e. The van der Waals surface area contributed by atoms with Gasteiger partial charge in [0, 0.05) is 24.5 Å². The molecule has 0 spiro atoms. The van der Waals surface area contributed by atoms with E-state index in [9.17, 15) is 14.4 Å². The van der Waals surface area contributed by atoms with Crippen LogP contribution in [-0.2, 0) is 14.4 Å². The molecule has 122 valence electrons. The van der Waals surface area contributed by atoms with Crippen molar-refractivity contribution in [2.75, 3.05) is 18.4 Å². The predicted molar refractivity (Wildman–Crippen MR) is 86.8 cm³/mol. The molecule has 0 aliphatic carbocycles. The van der Waals surface area contributed by atoms with Crippen molar-refractivity contribution in [1.29, 1.82) is 0 Å². The minimum atomic E-state index is -0.873. The molecule has 3 amide bonds. The Morgan fingerprint density at radius 2 is 1.74 bits per heavy atom. The van der Waals surface area contributed by atoms with Gasteiger partial charge in [0.05, 0.1) is 6.42 Å². The number of carbonyl (C=O) groups excluding carboxylic acids is 3. The lowest BCUT2D eigenvalue weighted by Crippen LogP contribution is -2.33. The first kappa shape index (κ1) is 16.7. The van der Waals surface area contributed by atoms with Gasteiger partial charge >= 0.3 is 11.8 Å². The highest BCUT2D eigenvalue weighted by molar-refractivity contribution is 6.39. The molecule has 0 aromatic heterocycles. The van der Waals surface area contributed by atoms with Crippen LogP contribution in [0.15, 0.2) is 35.4 Å². The fraction of sp³-hybridized carbons (Fsp3) is 0.375. The predicted octanol–water partition coefficient (Wildman–Crippen LogP) is 1.13. The first-order chi connectivity index (χ1) is 11.1. The molecule has 1 aromatic carbocycles. The van der Waals surface area contributed by atoms with E-state index in [1.54, 1.807) is 42.2 Å². The number of nitrogens with one attached hydrogen (secondary N) is 2. The summed E-state index contributed by atoms with van der Waals surface area (Å²) in [4.78, 5) is 37.1. The van der Waals surface area contributed by atoms with Crippen LogP contribution in [0.5, 0.6) is 0 Å². The van der Waals surface area contributed by atoms with Gasteiger partial charge < -0.3 is 10.2 Å². The van der Waals surface area contributed by atoms with E-state index in [2.05, 4.69) is 15.8 Å². The lowest BCUT2D eigenvalue weighted by Gasteiger charge is -2.14. The van der Waals surface area contributed by atoms with E-state index in [1.807, 2.05) is 0 Å². The first-order valence-corrected chi connectivity index (χ1v) is 7.53. The SMILES string of the molecule is C/C(CC(=O)N1CCCC1)=N\NC(=O)C(=O)Nc1ccccc1. The summed E-state index contributed by atoms with van der Waals surface area (Å²) in [6.07, 6.45) is 2.19. The molecule has 0 unspecified atom stereocenters. The maximum Gasteiger partial charge on any atom is 0.329 e. The number of anilines is 1. The third-order valence-corrected chi connectivity index (χ3v) is 3.45. The molecule has 7 heteroatoms. The zero-order chi connectivity index (χ0) is 16.7. The zero-order valence-electron chi connectivity index (χ0n) is 13.0. The number of nitrogens with zero attached hydrogens (tertiary/aromatic N) is 2. The number of likely N-dealkylation sites (tertiary alicyclic amines) is 1. The highest BCUT2D eigenvalue weighted by Crippen LogP contribution is 2.09. The molecule has 2 rings (SSSR count). The fourth-order valence-electron chi connectivity index (χ4n) is 2.24. The van der Waals surface area contributed by atoms with Gasteiger partial charge in [-0.15, -0.1) is 0 Å². The summed E-state index contributed by atoms with van der Waals surface area (Å²) in [5.41, 5.74) is 3.15. The van der Waals surface area contributed by atoms with E-state index in [-0.39, 0.29) is 12.3 Å². The number of rotatable bonds is 4. The molecule has 1 heterocycles. The van der Waals surface area contributed by atoms with Gasteiger partial charge in [0.25, 0.3) is 0 Å². The molecular formula is C16H20N4O3. The summed E-state index contributed by atoms with van der Waals surface area (Å²) in [7, 11) is 0. The van der Waals surface area contributed by atoms with E-state index >= 15 is 0 Å². The van der Waals surface area contributed by atoms with Crippen molar-refractivity contribution in [3.8, 4) is 0 Å². The number of para-hydroxylation sites is 1. The summed E-state index contributed by atoms with van der Waals surface area (Å²) >= 11 is 0. The Bertz CT molecular complexity index is 607. The molecule has 1 aliphatic rings. The highest BCUT2D eigenvalue weighted by atomic mass is 16.2. The van der Waals surface area contributed by atoms with Gasteiger partial charge in [0.2, 0.25) is 5.91 Å². The molecule has 0 saturated carbocycles. The van der Waals surface area contributed by atoms with Crippen molar-refractivity contribution in [2.24, 2.45) is 5.10 Å². The van der Waals surface area contributed by atoms with Crippen LogP contribution >= 0.6 is 0 Å². The lowest BCUT2D eigenvalue weighted by molar-refractivity contribution is -0.136. The van der Waals surface area contributed by atoms with Gasteiger partial charge in [-0.25, -0.2) is 5.43 Å². The van der Waals surface area contributed by atoms with E-state index in [4.69, 9.17) is 0 Å². The molecule has 7 nitrogen and oxygen atoms in total. The molecule has 0 bridgehead atoms. The van der Waals surface area contributed by atoms with Crippen molar-refractivity contribution in [1.82, 2.24) is 10.3 Å². The Balaban J connectivity index is 1.79. The van der Waals surface area contributed by atoms with Crippen molar-refractivity contribution in [2.45, 2.75) is 26.2 Å². The number of hydrogen-bond donors (Lipinski definition) is 2. The number of amides is 3. The number of carbonyl (C=O) groups is 3. The molecular weight excluding hydrogens is 296 g/mol. The molecule has 23 heavy (non-hydrogen) atoms. The van der Waals surface area contributed by atoms with Gasteiger partial charge in [0.15, 0.2) is 0 Å². The number of hydrogen-bond acceptors (Lipinski definition) is 4. The van der Waals surface area contributed by atoms with Crippen molar-refractivity contribution in [3.63, 3.8) is 0 Å². The molecule has 1 fully saturated rings. The second-order valence-electron chi connectivity index (χ2n) is 5.37. The maximum absolute atomic E-state index is 11.9. The van der Waals surface area contributed by atoms with Gasteiger partial charge in [-0.3, -0.25) is 14.4 Å². The minimum absolute atomic E-state index is 0.00765. The topological polar surface area (TPSA) is 90.9 Å². The van der Waals surface area contributed by atoms with Gasteiger partial charge in [0.1, 0.15) is 0 Å².